The summed E-state index contributed by atoms with van der Waals surface area (Å²) in [7, 11) is 0. The largest absolute Gasteiger partial charge is 0.438 e. The van der Waals surface area contributed by atoms with Crippen molar-refractivity contribution in [2.45, 2.75) is 51.0 Å². The number of ether oxygens (including phenoxy) is 1. The van der Waals surface area contributed by atoms with Crippen LogP contribution in [0, 0.1) is 0 Å². The third kappa shape index (κ3) is 2.96. The van der Waals surface area contributed by atoms with Crippen molar-refractivity contribution in [3.8, 4) is 0 Å². The van der Waals surface area contributed by atoms with Gasteiger partial charge >= 0.3 is 6.09 Å². The number of rotatable bonds is 3. The molecule has 1 aliphatic heterocycles. The Kier molecular flexibility index (Phi) is 4.11. The van der Waals surface area contributed by atoms with E-state index in [2.05, 4.69) is 5.32 Å². The zero-order chi connectivity index (χ0) is 16.4. The van der Waals surface area contributed by atoms with E-state index in [0.717, 1.165) is 48.1 Å². The fourth-order valence-electron chi connectivity index (χ4n) is 3.65. The van der Waals surface area contributed by atoms with Gasteiger partial charge in [-0.05, 0) is 55.4 Å². The minimum absolute atomic E-state index is 0.379. The van der Waals surface area contributed by atoms with Crippen LogP contribution in [-0.2, 0) is 15.1 Å². The number of nitrogens with one attached hydrogen (secondary N) is 1. The van der Waals surface area contributed by atoms with Gasteiger partial charge in [0.15, 0.2) is 0 Å². The third-order valence-electron chi connectivity index (χ3n) is 4.76. The Morgan fingerprint density at radius 2 is 2.09 bits per heavy atom. The molecule has 122 valence electrons. The Morgan fingerprint density at radius 3 is 2.74 bits per heavy atom. The van der Waals surface area contributed by atoms with Crippen LogP contribution in [0.1, 0.15) is 56.6 Å². The van der Waals surface area contributed by atoms with Gasteiger partial charge in [0.1, 0.15) is 5.60 Å². The van der Waals surface area contributed by atoms with Gasteiger partial charge in [-0.15, -0.1) is 0 Å². The average Bonchev–Trinajstić information content (AvgIpc) is 2.53. The Morgan fingerprint density at radius 1 is 1.35 bits per heavy atom. The molecule has 1 aromatic rings. The summed E-state index contributed by atoms with van der Waals surface area (Å²) in [6.07, 6.45) is 6.76. The van der Waals surface area contributed by atoms with Gasteiger partial charge in [-0.2, -0.15) is 0 Å². The van der Waals surface area contributed by atoms with Gasteiger partial charge in [-0.3, -0.25) is 10.1 Å². The van der Waals surface area contributed by atoms with Crippen molar-refractivity contribution in [2.24, 2.45) is 5.73 Å². The Bertz CT molecular complexity index is 673. The van der Waals surface area contributed by atoms with Crippen molar-refractivity contribution in [3.63, 3.8) is 0 Å². The first kappa shape index (κ1) is 15.6. The summed E-state index contributed by atoms with van der Waals surface area (Å²) in [6.45, 7) is 1.99. The molecule has 1 aliphatic carbocycles. The fourth-order valence-corrected chi connectivity index (χ4v) is 3.65. The smallest absolute Gasteiger partial charge is 0.412 e. The maximum Gasteiger partial charge on any atom is 0.412 e. The lowest BCUT2D eigenvalue weighted by molar-refractivity contribution is -0.113. The Labute approximate surface area is 135 Å². The topological polar surface area (TPSA) is 81.4 Å². The van der Waals surface area contributed by atoms with Gasteiger partial charge in [-0.25, -0.2) is 4.79 Å². The van der Waals surface area contributed by atoms with Crippen molar-refractivity contribution >= 4 is 23.3 Å². The highest BCUT2D eigenvalue weighted by atomic mass is 16.6. The first-order chi connectivity index (χ1) is 11.0. The van der Waals surface area contributed by atoms with E-state index in [1.807, 2.05) is 25.1 Å². The van der Waals surface area contributed by atoms with Gasteiger partial charge in [0.2, 0.25) is 5.91 Å². The molecule has 23 heavy (non-hydrogen) atoms. The van der Waals surface area contributed by atoms with Crippen LogP contribution in [0.5, 0.6) is 0 Å². The summed E-state index contributed by atoms with van der Waals surface area (Å²) in [5.41, 5.74) is 8.44. The van der Waals surface area contributed by atoms with Gasteiger partial charge < -0.3 is 10.5 Å². The van der Waals surface area contributed by atoms with Crippen molar-refractivity contribution in [2.75, 3.05) is 5.32 Å². The van der Waals surface area contributed by atoms with E-state index >= 15 is 0 Å². The average molecular weight is 314 g/mol. The standard InChI is InChI=1S/C18H22N2O3/c1-2-12(11-16(19)21)13-6-7-15-14(10-13)18(23-17(22)20-15)8-4-3-5-9-18/h6-7,10-11H,2-5,8-9H2,1H3,(H2,19,21)(H,20,22)/b12-11+. The SMILES string of the molecule is CC/C(=C\C(N)=O)c1ccc2c(c1)C1(CCCCC1)OC(=O)N2. The number of anilines is 1. The predicted molar refractivity (Wildman–Crippen MR) is 88.8 cm³/mol. The molecule has 0 saturated heterocycles. The first-order valence-corrected chi connectivity index (χ1v) is 8.19. The summed E-state index contributed by atoms with van der Waals surface area (Å²) < 4.78 is 5.73. The van der Waals surface area contributed by atoms with Crippen LogP contribution in [-0.4, -0.2) is 12.0 Å². The second-order valence-corrected chi connectivity index (χ2v) is 6.26. The van der Waals surface area contributed by atoms with E-state index in [-0.39, 0.29) is 6.09 Å². The monoisotopic (exact) mass is 314 g/mol. The molecule has 1 aromatic carbocycles. The molecular formula is C18H22N2O3. The number of benzene rings is 1. The van der Waals surface area contributed by atoms with Crippen LogP contribution < -0.4 is 11.1 Å². The summed E-state index contributed by atoms with van der Waals surface area (Å²) in [5.74, 6) is -0.448. The molecule has 2 aliphatic rings. The van der Waals surface area contributed by atoms with Crippen LogP contribution in [0.3, 0.4) is 0 Å². The highest BCUT2D eigenvalue weighted by molar-refractivity contribution is 5.95. The van der Waals surface area contributed by atoms with Crippen molar-refractivity contribution < 1.29 is 14.3 Å². The molecule has 2 amide bonds. The summed E-state index contributed by atoms with van der Waals surface area (Å²) >= 11 is 0. The highest BCUT2D eigenvalue weighted by Gasteiger charge is 2.42. The number of hydrogen-bond donors (Lipinski definition) is 2. The van der Waals surface area contributed by atoms with Crippen molar-refractivity contribution in [3.05, 3.63) is 35.4 Å². The Hall–Kier alpha value is -2.30. The number of allylic oxidation sites excluding steroid dienone is 1. The summed E-state index contributed by atoms with van der Waals surface area (Å²) in [5, 5.41) is 2.78. The molecule has 5 nitrogen and oxygen atoms in total. The molecule has 0 bridgehead atoms. The van der Waals surface area contributed by atoms with Gasteiger partial charge in [0, 0.05) is 11.6 Å². The lowest BCUT2D eigenvalue weighted by Gasteiger charge is -2.41. The predicted octanol–water partition coefficient (Wildman–Crippen LogP) is 3.69. The second-order valence-electron chi connectivity index (χ2n) is 6.26. The number of carbonyl (C=O) groups is 2. The second kappa shape index (κ2) is 6.07. The normalized spacial score (nSPS) is 19.7. The van der Waals surface area contributed by atoms with Crippen LogP contribution in [0.15, 0.2) is 24.3 Å². The number of primary amides is 1. The molecule has 0 atom stereocenters. The molecule has 1 fully saturated rings. The van der Waals surface area contributed by atoms with E-state index in [0.29, 0.717) is 6.42 Å². The number of amides is 2. The van der Waals surface area contributed by atoms with E-state index in [4.69, 9.17) is 10.5 Å². The first-order valence-electron chi connectivity index (χ1n) is 8.19. The fraction of sp³-hybridized carbons (Fsp3) is 0.444. The van der Waals surface area contributed by atoms with E-state index in [1.54, 1.807) is 0 Å². The lowest BCUT2D eigenvalue weighted by Crippen LogP contribution is -2.41. The van der Waals surface area contributed by atoms with Crippen LogP contribution in [0.25, 0.3) is 5.57 Å². The molecular weight excluding hydrogens is 292 g/mol. The van der Waals surface area contributed by atoms with Gasteiger partial charge in [0.05, 0.1) is 5.69 Å². The molecule has 0 unspecified atom stereocenters. The van der Waals surface area contributed by atoms with Crippen molar-refractivity contribution in [1.29, 1.82) is 0 Å². The molecule has 1 saturated carbocycles. The maximum atomic E-state index is 11.9. The number of carbonyl (C=O) groups excluding carboxylic acids is 2. The zero-order valence-corrected chi connectivity index (χ0v) is 13.4. The van der Waals surface area contributed by atoms with Crippen LogP contribution in [0.4, 0.5) is 10.5 Å². The summed E-state index contributed by atoms with van der Waals surface area (Å²) in [6, 6.07) is 5.85. The third-order valence-corrected chi connectivity index (χ3v) is 4.76. The number of nitrogens with two attached hydrogens (primary N) is 1. The molecule has 0 aromatic heterocycles. The molecule has 1 heterocycles. The minimum Gasteiger partial charge on any atom is -0.438 e. The molecule has 1 spiro atoms. The van der Waals surface area contributed by atoms with E-state index in [1.165, 1.54) is 12.5 Å². The van der Waals surface area contributed by atoms with Crippen LogP contribution >= 0.6 is 0 Å². The minimum atomic E-state index is -0.530. The van der Waals surface area contributed by atoms with Gasteiger partial charge in [0.25, 0.3) is 0 Å². The highest BCUT2D eigenvalue weighted by Crippen LogP contribution is 2.46. The Balaban J connectivity index is 2.08. The van der Waals surface area contributed by atoms with E-state index < -0.39 is 11.5 Å². The zero-order valence-electron chi connectivity index (χ0n) is 13.4. The molecule has 3 rings (SSSR count). The lowest BCUT2D eigenvalue weighted by atomic mass is 9.77. The number of hydrogen-bond acceptors (Lipinski definition) is 3. The number of fused-ring (bicyclic) bond motifs is 2. The quantitative estimate of drug-likeness (QED) is 0.835. The van der Waals surface area contributed by atoms with Crippen LogP contribution in [0.2, 0.25) is 0 Å². The maximum absolute atomic E-state index is 11.9. The molecule has 3 N–H and O–H groups in total. The molecule has 0 radical (unpaired) electrons. The van der Waals surface area contributed by atoms with Gasteiger partial charge in [-0.1, -0.05) is 19.4 Å². The van der Waals surface area contributed by atoms with E-state index in [9.17, 15) is 9.59 Å². The molecule has 5 heteroatoms. The van der Waals surface area contributed by atoms with Crippen molar-refractivity contribution in [1.82, 2.24) is 0 Å². The summed E-state index contributed by atoms with van der Waals surface area (Å²) in [4.78, 5) is 23.1.